The van der Waals surface area contributed by atoms with E-state index < -0.39 is 29.8 Å². The van der Waals surface area contributed by atoms with Crippen LogP contribution in [0.5, 0.6) is 0 Å². The van der Waals surface area contributed by atoms with Crippen molar-refractivity contribution in [2.45, 2.75) is 147 Å². The molecule has 18 heteroatoms. The summed E-state index contributed by atoms with van der Waals surface area (Å²) < 4.78 is 20.8. The van der Waals surface area contributed by atoms with Gasteiger partial charge in [-0.05, 0) is 32.1 Å². The quantitative estimate of drug-likeness (QED) is 0.0482. The molecule has 0 aromatic rings. The summed E-state index contributed by atoms with van der Waals surface area (Å²) in [5, 5.41) is 26.2. The molecule has 352 valence electrons. The summed E-state index contributed by atoms with van der Waals surface area (Å²) in [4.78, 5) is 84.5. The van der Waals surface area contributed by atoms with Crippen LogP contribution < -0.4 is 21.7 Å². The van der Waals surface area contributed by atoms with Crippen molar-refractivity contribution >= 4 is 41.5 Å². The van der Waals surface area contributed by atoms with Gasteiger partial charge in [-0.3, -0.25) is 28.8 Å². The monoisotopic (exact) mass is 872 g/mol. The van der Waals surface area contributed by atoms with Crippen molar-refractivity contribution in [1.29, 1.82) is 0 Å². The first kappa shape index (κ1) is 55.1. The molecular weight excluding hydrogens is 794 g/mol. The minimum atomic E-state index is -1.22. The van der Waals surface area contributed by atoms with Crippen molar-refractivity contribution in [3.8, 4) is 0 Å². The molecule has 0 spiro atoms. The number of piperidine rings is 1. The van der Waals surface area contributed by atoms with E-state index in [-0.39, 0.29) is 109 Å². The summed E-state index contributed by atoms with van der Waals surface area (Å²) in [5.41, 5.74) is 4.95. The summed E-state index contributed by atoms with van der Waals surface area (Å²) in [6.07, 6.45) is 20.1. The number of nitrogens with two attached hydrogens (primary N) is 1. The number of unbranched alkanes of at least 4 members (excludes halogenated alkanes) is 15. The highest BCUT2D eigenvalue weighted by molar-refractivity contribution is 5.86. The predicted octanol–water partition coefficient (Wildman–Crippen LogP) is 3.47. The van der Waals surface area contributed by atoms with Gasteiger partial charge in [-0.15, -0.1) is 0 Å². The number of nitrogens with one attached hydrogen (secondary N) is 3. The van der Waals surface area contributed by atoms with E-state index in [0.717, 1.165) is 38.5 Å². The molecule has 7 N–H and O–H groups in total. The van der Waals surface area contributed by atoms with Crippen molar-refractivity contribution < 1.29 is 62.7 Å². The Kier molecular flexibility index (Phi) is 34.2. The van der Waals surface area contributed by atoms with Crippen LogP contribution in [0, 0.1) is 5.92 Å². The molecule has 0 aromatic heterocycles. The van der Waals surface area contributed by atoms with E-state index >= 15 is 0 Å². The number of carbonyl (C=O) groups is 7. The zero-order chi connectivity index (χ0) is 44.8. The number of carboxylic acid groups (broad SMARTS) is 2. The van der Waals surface area contributed by atoms with Crippen LogP contribution in [0.3, 0.4) is 0 Å². The fourth-order valence-corrected chi connectivity index (χ4v) is 6.84. The number of rotatable bonds is 41. The van der Waals surface area contributed by atoms with E-state index in [1.54, 1.807) is 4.90 Å². The fraction of sp³-hybridized carbons (Fsp3) is 0.837. The largest absolute Gasteiger partial charge is 0.481 e. The van der Waals surface area contributed by atoms with Crippen LogP contribution in [0.1, 0.15) is 141 Å². The molecule has 0 radical (unpaired) electrons. The van der Waals surface area contributed by atoms with Crippen molar-refractivity contribution in [2.24, 2.45) is 11.7 Å². The summed E-state index contributed by atoms with van der Waals surface area (Å²) in [6, 6.07) is -1.21. The smallest absolute Gasteiger partial charge is 0.326 e. The minimum absolute atomic E-state index is 0.0691. The lowest BCUT2D eigenvalue weighted by atomic mass is 9.95. The summed E-state index contributed by atoms with van der Waals surface area (Å²) in [5.74, 6) is -3.83. The number of carbonyl (C=O) groups excluding carboxylic acids is 5. The van der Waals surface area contributed by atoms with E-state index in [0.29, 0.717) is 32.4 Å². The molecule has 0 saturated carbocycles. The molecule has 0 aromatic carbocycles. The van der Waals surface area contributed by atoms with Crippen LogP contribution in [0.15, 0.2) is 0 Å². The maximum atomic E-state index is 12.9. The molecular formula is C43H77N5O13. The minimum Gasteiger partial charge on any atom is -0.481 e. The molecule has 0 bridgehead atoms. The molecule has 1 aliphatic heterocycles. The maximum absolute atomic E-state index is 12.9. The zero-order valence-electron chi connectivity index (χ0n) is 36.6. The van der Waals surface area contributed by atoms with E-state index in [4.69, 9.17) is 29.8 Å². The zero-order valence-corrected chi connectivity index (χ0v) is 36.6. The Morgan fingerprint density at radius 3 is 1.48 bits per heavy atom. The first-order valence-corrected chi connectivity index (χ1v) is 22.6. The highest BCUT2D eigenvalue weighted by Crippen LogP contribution is 2.20. The van der Waals surface area contributed by atoms with Crippen LogP contribution in [0.25, 0.3) is 0 Å². The number of amides is 5. The van der Waals surface area contributed by atoms with Gasteiger partial charge in [0.25, 0.3) is 0 Å². The molecule has 1 unspecified atom stereocenters. The molecule has 5 amide bonds. The van der Waals surface area contributed by atoms with E-state index in [9.17, 15) is 38.7 Å². The lowest BCUT2D eigenvalue weighted by molar-refractivity contribution is -0.143. The lowest BCUT2D eigenvalue weighted by Gasteiger charge is -2.32. The van der Waals surface area contributed by atoms with Crippen molar-refractivity contribution in [3.05, 3.63) is 0 Å². The second kappa shape index (κ2) is 37.9. The molecule has 1 saturated heterocycles. The predicted molar refractivity (Wildman–Crippen MR) is 227 cm³/mol. The molecule has 1 aliphatic rings. The van der Waals surface area contributed by atoms with Crippen LogP contribution in [-0.2, 0) is 52.5 Å². The van der Waals surface area contributed by atoms with Gasteiger partial charge in [-0.1, -0.05) is 89.9 Å². The Hall–Kier alpha value is -3.87. The Morgan fingerprint density at radius 2 is 1.00 bits per heavy atom. The molecule has 1 atom stereocenters. The number of aliphatic carboxylic acids is 2. The average Bonchev–Trinajstić information content (AvgIpc) is 3.23. The lowest BCUT2D eigenvalue weighted by Crippen LogP contribution is -2.47. The highest BCUT2D eigenvalue weighted by atomic mass is 16.5. The first-order chi connectivity index (χ1) is 29.5. The van der Waals surface area contributed by atoms with Gasteiger partial charge >= 0.3 is 11.9 Å². The SMILES string of the molecule is NC(=O)COCCOCCNC(=O)COCCOCCNC(=O)CCC(NC(=O)C1CCN(C(=O)CCCCCCCCCCCCCCCCCCC(=O)O)CC1)C(=O)O. The number of nitrogens with zero attached hydrogens (tertiary/aromatic N) is 1. The fourth-order valence-electron chi connectivity index (χ4n) is 6.84. The second-order valence-electron chi connectivity index (χ2n) is 15.6. The van der Waals surface area contributed by atoms with Crippen LogP contribution in [0.4, 0.5) is 0 Å². The van der Waals surface area contributed by atoms with E-state index in [1.807, 2.05) is 0 Å². The molecule has 1 fully saturated rings. The molecule has 18 nitrogen and oxygen atoms in total. The van der Waals surface area contributed by atoms with Crippen molar-refractivity contribution in [3.63, 3.8) is 0 Å². The number of primary amides is 1. The van der Waals surface area contributed by atoms with Crippen LogP contribution in [0.2, 0.25) is 0 Å². The molecule has 1 heterocycles. The Morgan fingerprint density at radius 1 is 0.557 bits per heavy atom. The third kappa shape index (κ3) is 33.4. The Bertz CT molecular complexity index is 1230. The van der Waals surface area contributed by atoms with Gasteiger partial charge in [0.05, 0.1) is 39.6 Å². The summed E-state index contributed by atoms with van der Waals surface area (Å²) >= 11 is 0. The van der Waals surface area contributed by atoms with Crippen LogP contribution in [-0.4, -0.2) is 142 Å². The van der Waals surface area contributed by atoms with Crippen molar-refractivity contribution in [2.75, 3.05) is 79.0 Å². The number of carboxylic acids is 2. The Labute approximate surface area is 362 Å². The molecule has 61 heavy (non-hydrogen) atoms. The topological polar surface area (TPSA) is 262 Å². The second-order valence-corrected chi connectivity index (χ2v) is 15.6. The van der Waals surface area contributed by atoms with Crippen molar-refractivity contribution in [1.82, 2.24) is 20.9 Å². The Balaban J connectivity index is 2.02. The van der Waals surface area contributed by atoms with Gasteiger partial charge < -0.3 is 55.7 Å². The standard InChI is InChI=1S/C43H77N5O13/c44-37(49)33-60-31-29-59-28-24-46-39(51)34-61-32-30-58-27-23-45-38(50)20-19-36(43(56)57)47-42(55)35-21-25-48(26-22-35)40(52)17-15-13-11-9-7-5-3-1-2-4-6-8-10-12-14-16-18-41(53)54/h35-36H,1-34H2,(H2,44,49)(H,45,50)(H,46,51)(H,47,55)(H,53,54)(H,56,57). The number of hydrogen-bond donors (Lipinski definition) is 6. The summed E-state index contributed by atoms with van der Waals surface area (Å²) in [7, 11) is 0. The van der Waals surface area contributed by atoms with Crippen LogP contribution >= 0.6 is 0 Å². The normalized spacial score (nSPS) is 13.4. The van der Waals surface area contributed by atoms with E-state index in [1.165, 1.54) is 64.2 Å². The number of likely N-dealkylation sites (tertiary alicyclic amines) is 1. The van der Waals surface area contributed by atoms with Gasteiger partial charge in [0.1, 0.15) is 19.3 Å². The van der Waals surface area contributed by atoms with Gasteiger partial charge in [0, 0.05) is 51.4 Å². The van der Waals surface area contributed by atoms with Gasteiger partial charge in [0.15, 0.2) is 0 Å². The molecule has 0 aliphatic carbocycles. The number of hydrogen-bond acceptors (Lipinski definition) is 11. The first-order valence-electron chi connectivity index (χ1n) is 22.6. The summed E-state index contributed by atoms with van der Waals surface area (Å²) in [6.45, 7) is 2.37. The third-order valence-electron chi connectivity index (χ3n) is 10.4. The molecule has 1 rings (SSSR count). The maximum Gasteiger partial charge on any atom is 0.326 e. The van der Waals surface area contributed by atoms with E-state index in [2.05, 4.69) is 16.0 Å². The van der Waals surface area contributed by atoms with Gasteiger partial charge in [0.2, 0.25) is 29.5 Å². The number of ether oxygens (including phenoxy) is 4. The highest BCUT2D eigenvalue weighted by Gasteiger charge is 2.30. The van der Waals surface area contributed by atoms with Gasteiger partial charge in [-0.25, -0.2) is 4.79 Å². The van der Waals surface area contributed by atoms with Gasteiger partial charge in [-0.2, -0.15) is 0 Å². The average molecular weight is 872 g/mol. The third-order valence-corrected chi connectivity index (χ3v) is 10.4.